The molecule has 0 bridgehead atoms. The summed E-state index contributed by atoms with van der Waals surface area (Å²) in [4.78, 5) is 31.3. The molecule has 0 saturated carbocycles. The zero-order valence-corrected chi connectivity index (χ0v) is 18.4. The molecule has 7 heteroatoms. The summed E-state index contributed by atoms with van der Waals surface area (Å²) in [6.45, 7) is 2.31. The summed E-state index contributed by atoms with van der Waals surface area (Å²) in [5, 5.41) is 3.57. The number of carbonyl (C=O) groups excluding carboxylic acids is 2. The van der Waals surface area contributed by atoms with Crippen molar-refractivity contribution < 1.29 is 9.59 Å². The molecule has 0 radical (unpaired) electrons. The molecular weight excluding hydrogens is 424 g/mol. The fourth-order valence-corrected chi connectivity index (χ4v) is 3.92. The lowest BCUT2D eigenvalue weighted by atomic mass is 10.2. The smallest absolute Gasteiger partial charge is 0.329 e. The van der Waals surface area contributed by atoms with Crippen LogP contribution in [0.1, 0.15) is 5.56 Å². The number of amides is 4. The van der Waals surface area contributed by atoms with E-state index < -0.39 is 0 Å². The van der Waals surface area contributed by atoms with Gasteiger partial charge in [-0.15, -0.1) is 0 Å². The summed E-state index contributed by atoms with van der Waals surface area (Å²) in [6, 6.07) is 26.4. The second-order valence-corrected chi connectivity index (χ2v) is 7.99. The Morgan fingerprint density at radius 1 is 0.781 bits per heavy atom. The summed E-state index contributed by atoms with van der Waals surface area (Å²) in [5.41, 5.74) is 2.57. The lowest BCUT2D eigenvalue weighted by Gasteiger charge is -2.37. The number of rotatable bonds is 4. The standard InChI is InChI=1S/C25H25ClN4O2/c26-21-9-7-8-20(18-21)19-27-24(31)28-14-16-29(17-15-28)25(32)30(22-10-3-1-4-11-22)23-12-5-2-6-13-23/h1-13,18H,14-17,19H2,(H,27,31). The summed E-state index contributed by atoms with van der Waals surface area (Å²) in [7, 11) is 0. The summed E-state index contributed by atoms with van der Waals surface area (Å²) >= 11 is 6.00. The van der Waals surface area contributed by atoms with Crippen LogP contribution in [0.4, 0.5) is 21.0 Å². The lowest BCUT2D eigenvalue weighted by Crippen LogP contribution is -2.55. The van der Waals surface area contributed by atoms with Gasteiger partial charge in [-0.1, -0.05) is 60.1 Å². The number of urea groups is 2. The number of hydrogen-bond donors (Lipinski definition) is 1. The van der Waals surface area contributed by atoms with E-state index in [1.807, 2.05) is 78.9 Å². The highest BCUT2D eigenvalue weighted by molar-refractivity contribution is 6.30. The Bertz CT molecular complexity index is 1010. The normalized spacial score (nSPS) is 13.5. The first-order chi connectivity index (χ1) is 15.6. The Morgan fingerprint density at radius 3 is 1.91 bits per heavy atom. The first kappa shape index (κ1) is 21.7. The Kier molecular flexibility index (Phi) is 6.92. The molecule has 0 atom stereocenters. The van der Waals surface area contributed by atoms with Crippen molar-refractivity contribution in [3.05, 3.63) is 95.5 Å². The number of hydrogen-bond acceptors (Lipinski definition) is 2. The number of carbonyl (C=O) groups is 2. The number of benzene rings is 3. The predicted octanol–water partition coefficient (Wildman–Crippen LogP) is 5.13. The first-order valence-corrected chi connectivity index (χ1v) is 11.0. The fourth-order valence-electron chi connectivity index (χ4n) is 3.70. The number of nitrogens with one attached hydrogen (secondary N) is 1. The quantitative estimate of drug-likeness (QED) is 0.601. The molecular formula is C25H25ClN4O2. The van der Waals surface area contributed by atoms with E-state index in [0.717, 1.165) is 16.9 Å². The molecule has 3 aromatic carbocycles. The first-order valence-electron chi connectivity index (χ1n) is 10.6. The Hall–Kier alpha value is -3.51. The van der Waals surface area contributed by atoms with Gasteiger partial charge in [-0.05, 0) is 42.0 Å². The van der Waals surface area contributed by atoms with Crippen LogP contribution in [0, 0.1) is 0 Å². The third-order valence-corrected chi connectivity index (χ3v) is 5.63. The van der Waals surface area contributed by atoms with Crippen molar-refractivity contribution in [2.75, 3.05) is 31.1 Å². The Morgan fingerprint density at radius 2 is 1.34 bits per heavy atom. The number of anilines is 2. The molecule has 0 aromatic heterocycles. The molecule has 1 saturated heterocycles. The minimum Gasteiger partial charge on any atom is -0.334 e. The van der Waals surface area contributed by atoms with Gasteiger partial charge in [0, 0.05) is 37.7 Å². The highest BCUT2D eigenvalue weighted by Gasteiger charge is 2.28. The molecule has 0 unspecified atom stereocenters. The maximum Gasteiger partial charge on any atom is 0.329 e. The maximum absolute atomic E-state index is 13.4. The second-order valence-electron chi connectivity index (χ2n) is 7.55. The van der Waals surface area contributed by atoms with E-state index in [0.29, 0.717) is 37.7 Å². The van der Waals surface area contributed by atoms with Crippen LogP contribution in [0.2, 0.25) is 5.02 Å². The van der Waals surface area contributed by atoms with Crippen molar-refractivity contribution in [3.8, 4) is 0 Å². The van der Waals surface area contributed by atoms with Crippen molar-refractivity contribution in [1.29, 1.82) is 0 Å². The van der Waals surface area contributed by atoms with E-state index in [9.17, 15) is 9.59 Å². The fraction of sp³-hybridized carbons (Fsp3) is 0.200. The molecule has 164 valence electrons. The van der Waals surface area contributed by atoms with E-state index in [4.69, 9.17) is 11.6 Å². The minimum atomic E-state index is -0.139. The number of para-hydroxylation sites is 2. The van der Waals surface area contributed by atoms with Crippen LogP contribution in [0.25, 0.3) is 0 Å². The molecule has 1 fully saturated rings. The van der Waals surface area contributed by atoms with E-state index in [1.165, 1.54) is 0 Å². The molecule has 1 aliphatic rings. The van der Waals surface area contributed by atoms with Crippen molar-refractivity contribution in [1.82, 2.24) is 15.1 Å². The van der Waals surface area contributed by atoms with Crippen LogP contribution in [-0.4, -0.2) is 48.0 Å². The number of piperazine rings is 1. The summed E-state index contributed by atoms with van der Waals surface area (Å²) in [6.07, 6.45) is 0. The number of nitrogens with zero attached hydrogens (tertiary/aromatic N) is 3. The monoisotopic (exact) mass is 448 g/mol. The van der Waals surface area contributed by atoms with Crippen molar-refractivity contribution >= 4 is 35.0 Å². The van der Waals surface area contributed by atoms with Crippen LogP contribution in [0.15, 0.2) is 84.9 Å². The lowest BCUT2D eigenvalue weighted by molar-refractivity contribution is 0.147. The van der Waals surface area contributed by atoms with Crippen LogP contribution in [0.5, 0.6) is 0 Å². The third-order valence-electron chi connectivity index (χ3n) is 5.39. The Labute approximate surface area is 193 Å². The summed E-state index contributed by atoms with van der Waals surface area (Å²) < 4.78 is 0. The molecule has 1 aliphatic heterocycles. The molecule has 3 aromatic rings. The average Bonchev–Trinajstić information content (AvgIpc) is 2.84. The predicted molar refractivity (Wildman–Crippen MR) is 127 cm³/mol. The van der Waals surface area contributed by atoms with E-state index in [2.05, 4.69) is 5.32 Å². The zero-order valence-electron chi connectivity index (χ0n) is 17.7. The van der Waals surface area contributed by atoms with Gasteiger partial charge in [-0.3, -0.25) is 4.90 Å². The van der Waals surface area contributed by atoms with Crippen LogP contribution in [-0.2, 0) is 6.54 Å². The van der Waals surface area contributed by atoms with E-state index >= 15 is 0 Å². The van der Waals surface area contributed by atoms with Crippen LogP contribution < -0.4 is 10.2 Å². The largest absolute Gasteiger partial charge is 0.334 e. The minimum absolute atomic E-state index is 0.0959. The van der Waals surface area contributed by atoms with Gasteiger partial charge in [-0.25, -0.2) is 9.59 Å². The maximum atomic E-state index is 13.4. The van der Waals surface area contributed by atoms with Crippen molar-refractivity contribution in [3.63, 3.8) is 0 Å². The molecule has 32 heavy (non-hydrogen) atoms. The van der Waals surface area contributed by atoms with E-state index in [1.54, 1.807) is 20.8 Å². The van der Waals surface area contributed by atoms with Gasteiger partial charge in [-0.2, -0.15) is 0 Å². The third kappa shape index (κ3) is 5.21. The van der Waals surface area contributed by atoms with Gasteiger partial charge in [0.2, 0.25) is 0 Å². The molecule has 1 N–H and O–H groups in total. The summed E-state index contributed by atoms with van der Waals surface area (Å²) in [5.74, 6) is 0. The molecule has 0 spiro atoms. The van der Waals surface area contributed by atoms with Gasteiger partial charge in [0.1, 0.15) is 0 Å². The molecule has 1 heterocycles. The second kappa shape index (κ2) is 10.2. The molecule has 6 nitrogen and oxygen atoms in total. The van der Waals surface area contributed by atoms with Gasteiger partial charge in [0.15, 0.2) is 0 Å². The van der Waals surface area contributed by atoms with Gasteiger partial charge in [0.05, 0.1) is 11.4 Å². The van der Waals surface area contributed by atoms with Gasteiger partial charge < -0.3 is 15.1 Å². The molecule has 4 amide bonds. The SMILES string of the molecule is O=C(NCc1cccc(Cl)c1)N1CCN(C(=O)N(c2ccccc2)c2ccccc2)CC1. The van der Waals surface area contributed by atoms with Crippen molar-refractivity contribution in [2.45, 2.75) is 6.54 Å². The number of halogens is 1. The molecule has 4 rings (SSSR count). The molecule has 0 aliphatic carbocycles. The Balaban J connectivity index is 1.38. The highest BCUT2D eigenvalue weighted by Crippen LogP contribution is 2.26. The van der Waals surface area contributed by atoms with Gasteiger partial charge in [0.25, 0.3) is 0 Å². The topological polar surface area (TPSA) is 55.9 Å². The van der Waals surface area contributed by atoms with Crippen LogP contribution in [0.3, 0.4) is 0 Å². The highest BCUT2D eigenvalue weighted by atomic mass is 35.5. The van der Waals surface area contributed by atoms with Gasteiger partial charge >= 0.3 is 12.1 Å². The average molecular weight is 449 g/mol. The van der Waals surface area contributed by atoms with E-state index in [-0.39, 0.29) is 12.1 Å². The van der Waals surface area contributed by atoms with Crippen molar-refractivity contribution in [2.24, 2.45) is 0 Å². The van der Waals surface area contributed by atoms with Crippen LogP contribution >= 0.6 is 11.6 Å². The zero-order chi connectivity index (χ0) is 22.3.